The Bertz CT molecular complexity index is 1350. The standard InChI is InChI=1S/C30H28BN2O2.C2H6/c1-20-32-27-18-14-22(28(34)19-21-11-15-25(31)16-12-21)13-17-26(27)30(35)33(20)29(24-9-5-6-10-24)23-7-3-2-4-8-23;1-2/h2-12,15-16,22,29H,13-14,17-19H2,1H3;1-2H3. The van der Waals surface area contributed by atoms with Crippen LogP contribution in [0.25, 0.3) is 0 Å². The first-order valence-electron chi connectivity index (χ1n) is 13.3. The summed E-state index contributed by atoms with van der Waals surface area (Å²) in [4.78, 5) is 31.9. The highest BCUT2D eigenvalue weighted by Crippen LogP contribution is 2.32. The number of carbonyl (C=O) groups is 1. The normalized spacial score (nSPS) is 17.2. The molecule has 2 unspecified atom stereocenters. The molecule has 37 heavy (non-hydrogen) atoms. The van der Waals surface area contributed by atoms with Gasteiger partial charge >= 0.3 is 0 Å². The van der Waals surface area contributed by atoms with Crippen molar-refractivity contribution >= 4 is 19.1 Å². The van der Waals surface area contributed by atoms with E-state index in [4.69, 9.17) is 12.8 Å². The Labute approximate surface area is 221 Å². The van der Waals surface area contributed by atoms with Crippen molar-refractivity contribution in [2.75, 3.05) is 0 Å². The van der Waals surface area contributed by atoms with Crippen LogP contribution in [0.5, 0.6) is 0 Å². The third kappa shape index (κ3) is 5.93. The van der Waals surface area contributed by atoms with Crippen LogP contribution in [0.15, 0.2) is 83.2 Å². The van der Waals surface area contributed by atoms with Gasteiger partial charge in [0.1, 0.15) is 19.5 Å². The molecule has 4 nitrogen and oxygen atoms in total. The number of allylic oxidation sites excluding steroid dienone is 4. The Morgan fingerprint density at radius 3 is 2.41 bits per heavy atom. The number of ketones is 1. The van der Waals surface area contributed by atoms with Gasteiger partial charge < -0.3 is 0 Å². The quantitative estimate of drug-likeness (QED) is 0.363. The van der Waals surface area contributed by atoms with Gasteiger partial charge in [-0.25, -0.2) is 4.98 Å². The number of nitrogens with zero attached hydrogens (tertiary/aromatic N) is 2. The van der Waals surface area contributed by atoms with E-state index in [1.165, 1.54) is 0 Å². The third-order valence-electron chi connectivity index (χ3n) is 7.13. The molecular formula is C32H34BN2O2. The van der Waals surface area contributed by atoms with Crippen molar-refractivity contribution < 1.29 is 4.79 Å². The molecule has 187 valence electrons. The van der Waals surface area contributed by atoms with E-state index in [-0.39, 0.29) is 23.3 Å². The summed E-state index contributed by atoms with van der Waals surface area (Å²) in [6.45, 7) is 5.91. The van der Waals surface area contributed by atoms with Crippen LogP contribution in [-0.2, 0) is 24.1 Å². The molecule has 0 N–H and O–H groups in total. The van der Waals surface area contributed by atoms with Gasteiger partial charge in [-0.15, -0.1) is 0 Å². The zero-order chi connectivity index (χ0) is 26.4. The monoisotopic (exact) mass is 489 g/mol. The first-order valence-corrected chi connectivity index (χ1v) is 13.3. The predicted molar refractivity (Wildman–Crippen MR) is 151 cm³/mol. The van der Waals surface area contributed by atoms with Gasteiger partial charge in [0.15, 0.2) is 0 Å². The lowest BCUT2D eigenvalue weighted by Crippen LogP contribution is -2.33. The zero-order valence-corrected chi connectivity index (χ0v) is 22.0. The summed E-state index contributed by atoms with van der Waals surface area (Å²) in [5, 5.41) is 0. The molecule has 2 atom stereocenters. The van der Waals surface area contributed by atoms with Crippen molar-refractivity contribution in [1.29, 1.82) is 0 Å². The summed E-state index contributed by atoms with van der Waals surface area (Å²) in [5.41, 5.74) is 5.40. The summed E-state index contributed by atoms with van der Waals surface area (Å²) in [7, 11) is 5.77. The van der Waals surface area contributed by atoms with E-state index >= 15 is 0 Å². The maximum atomic E-state index is 13.9. The number of carbonyl (C=O) groups excluding carboxylic acids is 1. The number of hydrogen-bond acceptors (Lipinski definition) is 3. The Morgan fingerprint density at radius 1 is 1.03 bits per heavy atom. The summed E-state index contributed by atoms with van der Waals surface area (Å²) in [6.07, 6.45) is 11.1. The number of rotatable bonds is 6. The van der Waals surface area contributed by atoms with Gasteiger partial charge in [0.25, 0.3) is 5.56 Å². The number of benzene rings is 2. The van der Waals surface area contributed by atoms with Gasteiger partial charge in [-0.3, -0.25) is 14.2 Å². The first kappa shape index (κ1) is 26.6. The lowest BCUT2D eigenvalue weighted by Gasteiger charge is -2.25. The zero-order valence-electron chi connectivity index (χ0n) is 22.0. The summed E-state index contributed by atoms with van der Waals surface area (Å²) in [5.74, 6) is 0.851. The largest absolute Gasteiger partial charge is 0.299 e. The van der Waals surface area contributed by atoms with Crippen LogP contribution < -0.4 is 11.0 Å². The smallest absolute Gasteiger partial charge is 0.257 e. The molecule has 3 aromatic rings. The molecule has 1 aromatic heterocycles. The molecule has 2 aliphatic carbocycles. The average Bonchev–Trinajstić information content (AvgIpc) is 3.36. The van der Waals surface area contributed by atoms with Crippen LogP contribution in [0, 0.1) is 19.3 Å². The molecule has 0 fully saturated rings. The topological polar surface area (TPSA) is 52.0 Å². The molecule has 0 saturated carbocycles. The number of hydrogen-bond donors (Lipinski definition) is 0. The molecule has 0 saturated heterocycles. The fraction of sp³-hybridized carbons (Fsp3) is 0.312. The molecule has 0 amide bonds. The van der Waals surface area contributed by atoms with E-state index in [1.54, 1.807) is 0 Å². The molecule has 0 spiro atoms. The van der Waals surface area contributed by atoms with E-state index in [2.05, 4.69) is 24.6 Å². The third-order valence-corrected chi connectivity index (χ3v) is 7.13. The summed E-state index contributed by atoms with van der Waals surface area (Å²) in [6, 6.07) is 17.3. The van der Waals surface area contributed by atoms with Gasteiger partial charge in [-0.05, 0) is 49.3 Å². The van der Waals surface area contributed by atoms with E-state index in [0.29, 0.717) is 37.0 Å². The van der Waals surface area contributed by atoms with Crippen LogP contribution in [0.4, 0.5) is 0 Å². The van der Waals surface area contributed by atoms with Gasteiger partial charge in [0, 0.05) is 24.3 Å². The van der Waals surface area contributed by atoms with Crippen molar-refractivity contribution in [3.8, 4) is 0 Å². The Kier molecular flexibility index (Phi) is 8.76. The van der Waals surface area contributed by atoms with E-state index < -0.39 is 0 Å². The van der Waals surface area contributed by atoms with Gasteiger partial charge in [-0.2, -0.15) is 0 Å². The predicted octanol–water partition coefficient (Wildman–Crippen LogP) is 4.97. The van der Waals surface area contributed by atoms with Crippen LogP contribution in [0.2, 0.25) is 0 Å². The molecule has 1 heterocycles. The Balaban J connectivity index is 0.00000156. The highest BCUT2D eigenvalue weighted by Gasteiger charge is 2.29. The Morgan fingerprint density at radius 2 is 1.73 bits per heavy atom. The molecule has 2 aromatic carbocycles. The second-order valence-electron chi connectivity index (χ2n) is 9.45. The number of aryl methyl sites for hydroxylation is 2. The lowest BCUT2D eigenvalue weighted by atomic mass is 9.89. The van der Waals surface area contributed by atoms with Crippen LogP contribution >= 0.6 is 0 Å². The van der Waals surface area contributed by atoms with Crippen molar-refractivity contribution in [3.05, 3.63) is 123 Å². The Hall–Kier alpha value is -3.47. The number of fused-ring (bicyclic) bond motifs is 1. The minimum Gasteiger partial charge on any atom is -0.299 e. The summed E-state index contributed by atoms with van der Waals surface area (Å²) >= 11 is 0. The molecule has 2 aliphatic rings. The second kappa shape index (κ2) is 12.2. The molecule has 5 rings (SSSR count). The maximum absolute atomic E-state index is 13.9. The van der Waals surface area contributed by atoms with Crippen LogP contribution in [-0.4, -0.2) is 23.2 Å². The molecule has 3 radical (unpaired) electrons. The number of aromatic nitrogens is 2. The molecule has 0 bridgehead atoms. The number of Topliss-reactive ketones (excluding diaryl/α,β-unsaturated/α-hetero) is 1. The fourth-order valence-corrected chi connectivity index (χ4v) is 5.27. The van der Waals surface area contributed by atoms with Gasteiger partial charge in [-0.1, -0.05) is 92.1 Å². The van der Waals surface area contributed by atoms with Gasteiger partial charge in [0.2, 0.25) is 0 Å². The minimum absolute atomic E-state index is 0.00851. The van der Waals surface area contributed by atoms with Crippen LogP contribution in [0.1, 0.15) is 60.9 Å². The van der Waals surface area contributed by atoms with Crippen molar-refractivity contribution in [1.82, 2.24) is 9.55 Å². The highest BCUT2D eigenvalue weighted by atomic mass is 16.1. The van der Waals surface area contributed by atoms with Crippen molar-refractivity contribution in [2.45, 2.75) is 58.9 Å². The van der Waals surface area contributed by atoms with E-state index in [0.717, 1.165) is 34.4 Å². The fourth-order valence-electron chi connectivity index (χ4n) is 5.27. The molecule has 5 heteroatoms. The average molecular weight is 489 g/mol. The SMILES string of the molecule is CC.[B]c1ccc(CC(=O)C2CCc3nc(C)n(C(C4=CC=C[CH]4)c4ccccc4)c(=O)c3CC2)cc1. The molecular weight excluding hydrogens is 455 g/mol. The molecule has 0 aliphatic heterocycles. The lowest BCUT2D eigenvalue weighted by molar-refractivity contribution is -0.122. The first-order chi connectivity index (χ1) is 18.0. The van der Waals surface area contributed by atoms with Gasteiger partial charge in [0.05, 0.1) is 11.7 Å². The van der Waals surface area contributed by atoms with E-state index in [9.17, 15) is 9.59 Å². The second-order valence-corrected chi connectivity index (χ2v) is 9.45. The minimum atomic E-state index is -0.234. The van der Waals surface area contributed by atoms with E-state index in [1.807, 2.05) is 80.0 Å². The van der Waals surface area contributed by atoms with Crippen molar-refractivity contribution in [2.24, 2.45) is 5.92 Å². The van der Waals surface area contributed by atoms with Crippen LogP contribution in [0.3, 0.4) is 0 Å². The highest BCUT2D eigenvalue weighted by molar-refractivity contribution is 6.32. The maximum Gasteiger partial charge on any atom is 0.257 e. The summed E-state index contributed by atoms with van der Waals surface area (Å²) < 4.78 is 1.83. The van der Waals surface area contributed by atoms with Crippen molar-refractivity contribution in [3.63, 3.8) is 0 Å².